The first-order chi connectivity index (χ1) is 14.6. The molecule has 1 N–H and O–H groups in total. The number of aliphatic hydroxyl groups excluding tert-OH is 1. The van der Waals surface area contributed by atoms with E-state index in [1.807, 2.05) is 0 Å². The highest BCUT2D eigenvalue weighted by Gasteiger charge is 2.85. The number of carbonyl (C=O) groups is 1. The average molecular weight is 435 g/mol. The van der Waals surface area contributed by atoms with Gasteiger partial charge in [-0.15, -0.1) is 0 Å². The number of fused-ring (bicyclic) bond motifs is 7. The van der Waals surface area contributed by atoms with E-state index in [0.29, 0.717) is 36.9 Å². The smallest absolute Gasteiger partial charge is 0.302 e. The van der Waals surface area contributed by atoms with Crippen molar-refractivity contribution in [2.24, 2.45) is 34.5 Å². The normalized spacial score (nSPS) is 56.7. The Kier molecular flexibility index (Phi) is 4.35. The van der Waals surface area contributed by atoms with Gasteiger partial charge in [-0.1, -0.05) is 13.8 Å². The fraction of sp³-hybridized carbons (Fsp3) is 0.960. The largest absolute Gasteiger partial charge is 0.463 e. The predicted molar refractivity (Wildman–Crippen MR) is 112 cm³/mol. The molecule has 6 fully saturated rings. The van der Waals surface area contributed by atoms with E-state index in [-0.39, 0.29) is 35.1 Å². The lowest BCUT2D eigenvalue weighted by Gasteiger charge is -2.63. The van der Waals surface area contributed by atoms with E-state index in [2.05, 4.69) is 20.8 Å². The van der Waals surface area contributed by atoms with E-state index in [0.717, 1.165) is 44.9 Å². The lowest BCUT2D eigenvalue weighted by molar-refractivity contribution is -0.252. The van der Waals surface area contributed by atoms with Crippen LogP contribution in [0.4, 0.5) is 0 Å². The number of aliphatic hydroxyl groups is 1. The molecule has 0 aromatic rings. The molecular formula is C25H38O6. The number of ether oxygens (including phenoxy) is 4. The summed E-state index contributed by atoms with van der Waals surface area (Å²) in [6, 6.07) is 0. The van der Waals surface area contributed by atoms with Gasteiger partial charge < -0.3 is 24.1 Å². The lowest BCUT2D eigenvalue weighted by Crippen LogP contribution is -2.64. The standard InChI is InChI=1S/C25H38O6/c1-14(26)30-16-7-8-22(2)15(11-16)5-6-17-18-12-20-25(31-20,24(4)28-9-10-29-24)23(18,3)13-19(27)21(17)22/h15-21,27H,5-13H2,1-4H3/t15-,16-,17+,18+,19+,20-,21-,22+,23+,25-/m1/s1. The van der Waals surface area contributed by atoms with Crippen molar-refractivity contribution < 1.29 is 28.8 Å². The molecule has 4 aliphatic carbocycles. The number of carbonyl (C=O) groups excluding carboxylic acids is 1. The van der Waals surface area contributed by atoms with Gasteiger partial charge >= 0.3 is 5.97 Å². The number of hydrogen-bond acceptors (Lipinski definition) is 6. The van der Waals surface area contributed by atoms with Crippen molar-refractivity contribution in [3.8, 4) is 0 Å². The van der Waals surface area contributed by atoms with Gasteiger partial charge in [-0.25, -0.2) is 0 Å². The van der Waals surface area contributed by atoms with Crippen molar-refractivity contribution in [2.75, 3.05) is 13.2 Å². The zero-order chi connectivity index (χ0) is 21.8. The summed E-state index contributed by atoms with van der Waals surface area (Å²) in [5.74, 6) is 1.01. The molecule has 2 aliphatic heterocycles. The third-order valence-electron chi connectivity index (χ3n) is 10.8. The van der Waals surface area contributed by atoms with Crippen LogP contribution in [0.5, 0.6) is 0 Å². The Morgan fingerprint density at radius 1 is 1.06 bits per heavy atom. The number of rotatable bonds is 2. The summed E-state index contributed by atoms with van der Waals surface area (Å²) in [4.78, 5) is 11.5. The fourth-order valence-electron chi connectivity index (χ4n) is 9.68. The van der Waals surface area contributed by atoms with Crippen LogP contribution in [-0.2, 0) is 23.7 Å². The molecule has 6 nitrogen and oxygen atoms in total. The minimum Gasteiger partial charge on any atom is -0.463 e. The van der Waals surface area contributed by atoms with Gasteiger partial charge in [0.1, 0.15) is 6.10 Å². The van der Waals surface area contributed by atoms with Crippen molar-refractivity contribution >= 4 is 5.97 Å². The van der Waals surface area contributed by atoms with Crippen LogP contribution in [-0.4, -0.2) is 54.0 Å². The summed E-state index contributed by atoms with van der Waals surface area (Å²) in [5.41, 5.74) is -0.432. The molecule has 31 heavy (non-hydrogen) atoms. The fourth-order valence-corrected chi connectivity index (χ4v) is 9.68. The van der Waals surface area contributed by atoms with Crippen LogP contribution in [0.2, 0.25) is 0 Å². The lowest BCUT2D eigenvalue weighted by atomic mass is 9.43. The predicted octanol–water partition coefficient (Wildman–Crippen LogP) is 3.44. The molecular weight excluding hydrogens is 396 g/mol. The molecule has 4 saturated carbocycles. The number of hydrogen-bond donors (Lipinski definition) is 1. The van der Waals surface area contributed by atoms with Gasteiger partial charge in [-0.3, -0.25) is 4.79 Å². The summed E-state index contributed by atoms with van der Waals surface area (Å²) in [6.45, 7) is 9.56. The molecule has 2 heterocycles. The van der Waals surface area contributed by atoms with Gasteiger partial charge in [-0.05, 0) is 81.0 Å². The van der Waals surface area contributed by atoms with Crippen molar-refractivity contribution in [3.05, 3.63) is 0 Å². The molecule has 0 bridgehead atoms. The summed E-state index contributed by atoms with van der Waals surface area (Å²) >= 11 is 0. The maximum atomic E-state index is 11.7. The van der Waals surface area contributed by atoms with Gasteiger partial charge in [0.25, 0.3) is 0 Å². The Labute approximate surface area is 185 Å². The zero-order valence-corrected chi connectivity index (χ0v) is 19.4. The van der Waals surface area contributed by atoms with Gasteiger partial charge in [0.05, 0.1) is 25.4 Å². The molecule has 10 atom stereocenters. The summed E-state index contributed by atoms with van der Waals surface area (Å²) < 4.78 is 24.3. The number of epoxide rings is 1. The van der Waals surface area contributed by atoms with Crippen LogP contribution in [0.1, 0.15) is 72.6 Å². The van der Waals surface area contributed by atoms with Gasteiger partial charge in [0, 0.05) is 12.3 Å². The van der Waals surface area contributed by atoms with Crippen LogP contribution in [0.3, 0.4) is 0 Å². The first-order valence-corrected chi connectivity index (χ1v) is 12.5. The summed E-state index contributed by atoms with van der Waals surface area (Å²) in [6.07, 6.45) is 6.92. The summed E-state index contributed by atoms with van der Waals surface area (Å²) in [7, 11) is 0. The second-order valence-electron chi connectivity index (χ2n) is 12.0. The minimum absolute atomic E-state index is 0.0468. The molecule has 0 aromatic heterocycles. The van der Waals surface area contributed by atoms with Gasteiger partial charge in [0.2, 0.25) is 0 Å². The Morgan fingerprint density at radius 3 is 2.52 bits per heavy atom. The molecule has 0 aromatic carbocycles. The van der Waals surface area contributed by atoms with Crippen molar-refractivity contribution in [3.63, 3.8) is 0 Å². The van der Waals surface area contributed by atoms with Crippen LogP contribution < -0.4 is 0 Å². The van der Waals surface area contributed by atoms with Crippen molar-refractivity contribution in [1.82, 2.24) is 0 Å². The highest BCUT2D eigenvalue weighted by atomic mass is 16.8. The maximum Gasteiger partial charge on any atom is 0.302 e. The Morgan fingerprint density at radius 2 is 1.81 bits per heavy atom. The molecule has 0 radical (unpaired) electrons. The molecule has 0 unspecified atom stereocenters. The molecule has 0 spiro atoms. The third kappa shape index (κ3) is 2.51. The Balaban J connectivity index is 1.29. The first kappa shape index (κ1) is 20.9. The number of esters is 1. The Hall–Kier alpha value is -0.690. The van der Waals surface area contributed by atoms with Gasteiger partial charge in [-0.2, -0.15) is 0 Å². The van der Waals surface area contributed by atoms with Crippen molar-refractivity contribution in [1.29, 1.82) is 0 Å². The second kappa shape index (κ2) is 6.46. The monoisotopic (exact) mass is 434 g/mol. The van der Waals surface area contributed by atoms with Crippen molar-refractivity contribution in [2.45, 2.75) is 102 Å². The SMILES string of the molecule is CC(=O)O[C@@H]1CC[C@@]2(C)[C@H](CC[C@@H]3[C@@H]2[C@@H](O)C[C@@]2(C)[C@H]3C[C@H]3O[C@]32C2(C)OCCO2)C1. The summed E-state index contributed by atoms with van der Waals surface area (Å²) in [5, 5.41) is 11.7. The van der Waals surface area contributed by atoms with E-state index >= 15 is 0 Å². The minimum atomic E-state index is -0.698. The molecule has 2 saturated heterocycles. The zero-order valence-electron chi connectivity index (χ0n) is 19.4. The molecule has 6 aliphatic rings. The average Bonchev–Trinajstić information content (AvgIpc) is 3.19. The van der Waals surface area contributed by atoms with E-state index in [1.165, 1.54) is 6.92 Å². The molecule has 0 amide bonds. The van der Waals surface area contributed by atoms with E-state index in [1.54, 1.807) is 0 Å². The molecule has 6 heteroatoms. The van der Waals surface area contributed by atoms with E-state index in [9.17, 15) is 9.90 Å². The van der Waals surface area contributed by atoms with E-state index in [4.69, 9.17) is 18.9 Å². The van der Waals surface area contributed by atoms with Crippen LogP contribution in [0.15, 0.2) is 0 Å². The van der Waals surface area contributed by atoms with E-state index < -0.39 is 11.4 Å². The highest BCUT2D eigenvalue weighted by Crippen LogP contribution is 2.76. The van der Waals surface area contributed by atoms with Gasteiger partial charge in [0.15, 0.2) is 11.4 Å². The quantitative estimate of drug-likeness (QED) is 0.530. The highest BCUT2D eigenvalue weighted by molar-refractivity contribution is 5.66. The van der Waals surface area contributed by atoms with Crippen LogP contribution in [0, 0.1) is 34.5 Å². The third-order valence-corrected chi connectivity index (χ3v) is 10.8. The van der Waals surface area contributed by atoms with Crippen LogP contribution >= 0.6 is 0 Å². The topological polar surface area (TPSA) is 77.5 Å². The first-order valence-electron chi connectivity index (χ1n) is 12.5. The second-order valence-corrected chi connectivity index (χ2v) is 12.0. The molecule has 174 valence electrons. The van der Waals surface area contributed by atoms with Crippen LogP contribution in [0.25, 0.3) is 0 Å². The maximum absolute atomic E-state index is 11.7. The Bertz CT molecular complexity index is 778. The molecule has 6 rings (SSSR count).